The molecule has 3 nitrogen and oxygen atoms in total. The first-order valence-electron chi connectivity index (χ1n) is 5.32. The van der Waals surface area contributed by atoms with Gasteiger partial charge in [0.2, 0.25) is 0 Å². The van der Waals surface area contributed by atoms with Crippen molar-refractivity contribution < 1.29 is 0 Å². The van der Waals surface area contributed by atoms with Gasteiger partial charge in [-0.05, 0) is 25.0 Å². The average molecular weight is 226 g/mol. The molecular formula is C11H16ClN3. The third kappa shape index (κ3) is 3.16. The predicted octanol–water partition coefficient (Wildman–Crippen LogP) is 1.66. The van der Waals surface area contributed by atoms with E-state index in [-0.39, 0.29) is 0 Å². The van der Waals surface area contributed by atoms with Crippen molar-refractivity contribution in [1.29, 1.82) is 0 Å². The Bertz CT molecular complexity index is 321. The molecule has 1 fully saturated rings. The predicted molar refractivity (Wildman–Crippen MR) is 61.7 cm³/mol. The van der Waals surface area contributed by atoms with Gasteiger partial charge in [-0.1, -0.05) is 11.6 Å². The highest BCUT2D eigenvalue weighted by Crippen LogP contribution is 2.13. The van der Waals surface area contributed by atoms with Crippen molar-refractivity contribution in [3.63, 3.8) is 0 Å². The van der Waals surface area contributed by atoms with Crippen LogP contribution in [-0.2, 0) is 6.54 Å². The lowest BCUT2D eigenvalue weighted by atomic mass is 10.1. The summed E-state index contributed by atoms with van der Waals surface area (Å²) in [5.74, 6) is 0. The Morgan fingerprint density at radius 3 is 2.87 bits per heavy atom. The average Bonchev–Trinajstić information content (AvgIpc) is 2.22. The Morgan fingerprint density at radius 2 is 2.20 bits per heavy atom. The number of halogens is 1. The number of hydrogen-bond acceptors (Lipinski definition) is 3. The topological polar surface area (TPSA) is 42.1 Å². The minimum absolute atomic E-state index is 0.383. The van der Waals surface area contributed by atoms with Gasteiger partial charge in [-0.3, -0.25) is 9.88 Å². The van der Waals surface area contributed by atoms with E-state index < -0.39 is 0 Å². The fraction of sp³-hybridized carbons (Fsp3) is 0.545. The van der Waals surface area contributed by atoms with Crippen molar-refractivity contribution in [2.75, 3.05) is 13.1 Å². The molecule has 4 heteroatoms. The molecule has 82 valence electrons. The lowest BCUT2D eigenvalue weighted by molar-refractivity contribution is 0.203. The second-order valence-electron chi connectivity index (χ2n) is 4.08. The Balaban J connectivity index is 1.92. The molecule has 0 atom stereocenters. The number of likely N-dealkylation sites (tertiary alicyclic amines) is 1. The normalized spacial score (nSPS) is 19.3. The van der Waals surface area contributed by atoms with Crippen molar-refractivity contribution in [2.24, 2.45) is 5.73 Å². The van der Waals surface area contributed by atoms with Crippen molar-refractivity contribution in [1.82, 2.24) is 9.88 Å². The third-order valence-corrected chi connectivity index (χ3v) is 3.03. The maximum Gasteiger partial charge on any atom is 0.0558 e. The SMILES string of the molecule is NC1CCN(Cc2cc(Cl)ccn2)CC1. The van der Waals surface area contributed by atoms with Gasteiger partial charge in [-0.2, -0.15) is 0 Å². The Labute approximate surface area is 95.2 Å². The molecule has 0 unspecified atom stereocenters. The standard InChI is InChI=1S/C11H16ClN3/c12-9-1-4-14-11(7-9)8-15-5-2-10(13)3-6-15/h1,4,7,10H,2-3,5-6,8,13H2. The fourth-order valence-corrected chi connectivity index (χ4v) is 2.06. The molecule has 2 heterocycles. The molecule has 1 saturated heterocycles. The van der Waals surface area contributed by atoms with Gasteiger partial charge in [0.25, 0.3) is 0 Å². The molecule has 15 heavy (non-hydrogen) atoms. The van der Waals surface area contributed by atoms with Crippen molar-refractivity contribution in [2.45, 2.75) is 25.4 Å². The van der Waals surface area contributed by atoms with Gasteiger partial charge in [0.1, 0.15) is 0 Å². The lowest BCUT2D eigenvalue weighted by Crippen LogP contribution is -2.39. The van der Waals surface area contributed by atoms with E-state index in [9.17, 15) is 0 Å². The summed E-state index contributed by atoms with van der Waals surface area (Å²) in [6.07, 6.45) is 3.93. The van der Waals surface area contributed by atoms with Crippen LogP contribution in [0.1, 0.15) is 18.5 Å². The quantitative estimate of drug-likeness (QED) is 0.833. The van der Waals surface area contributed by atoms with Crippen molar-refractivity contribution in [3.05, 3.63) is 29.0 Å². The minimum atomic E-state index is 0.383. The van der Waals surface area contributed by atoms with Crippen LogP contribution in [0.3, 0.4) is 0 Å². The molecule has 1 aromatic rings. The molecule has 0 spiro atoms. The second-order valence-corrected chi connectivity index (χ2v) is 4.52. The van der Waals surface area contributed by atoms with Crippen LogP contribution < -0.4 is 5.73 Å². The number of rotatable bonds is 2. The van der Waals surface area contributed by atoms with Gasteiger partial charge in [-0.25, -0.2) is 0 Å². The molecule has 2 N–H and O–H groups in total. The summed E-state index contributed by atoms with van der Waals surface area (Å²) in [5, 5.41) is 0.758. The zero-order valence-corrected chi connectivity index (χ0v) is 9.45. The Morgan fingerprint density at radius 1 is 1.47 bits per heavy atom. The number of pyridine rings is 1. The second kappa shape index (κ2) is 4.92. The summed E-state index contributed by atoms with van der Waals surface area (Å²) >= 11 is 5.91. The van der Waals surface area contributed by atoms with E-state index >= 15 is 0 Å². The van der Waals surface area contributed by atoms with Crippen LogP contribution >= 0.6 is 11.6 Å². The van der Waals surface area contributed by atoms with Crippen LogP contribution in [0.2, 0.25) is 5.02 Å². The molecule has 1 aliphatic rings. The summed E-state index contributed by atoms with van der Waals surface area (Å²) in [5.41, 5.74) is 6.89. The first-order valence-corrected chi connectivity index (χ1v) is 5.70. The molecule has 0 radical (unpaired) electrons. The summed E-state index contributed by atoms with van der Waals surface area (Å²) in [6.45, 7) is 3.01. The van der Waals surface area contributed by atoms with E-state index in [1.807, 2.05) is 6.07 Å². The maximum atomic E-state index is 5.91. The molecule has 0 aromatic carbocycles. The zero-order chi connectivity index (χ0) is 10.7. The third-order valence-electron chi connectivity index (χ3n) is 2.80. The van der Waals surface area contributed by atoms with Crippen LogP contribution in [0.5, 0.6) is 0 Å². The molecule has 0 aliphatic carbocycles. The van der Waals surface area contributed by atoms with Gasteiger partial charge in [0, 0.05) is 36.9 Å². The van der Waals surface area contributed by atoms with Crippen LogP contribution in [0.25, 0.3) is 0 Å². The van der Waals surface area contributed by atoms with Gasteiger partial charge in [0.05, 0.1) is 5.69 Å². The zero-order valence-electron chi connectivity index (χ0n) is 8.69. The molecule has 0 bridgehead atoms. The van der Waals surface area contributed by atoms with E-state index in [1.54, 1.807) is 12.3 Å². The van der Waals surface area contributed by atoms with Crippen LogP contribution in [-0.4, -0.2) is 29.0 Å². The lowest BCUT2D eigenvalue weighted by Gasteiger charge is -2.29. The highest BCUT2D eigenvalue weighted by atomic mass is 35.5. The number of nitrogens with zero attached hydrogens (tertiary/aromatic N) is 2. The van der Waals surface area contributed by atoms with Crippen LogP contribution in [0.4, 0.5) is 0 Å². The largest absolute Gasteiger partial charge is 0.328 e. The van der Waals surface area contributed by atoms with E-state index in [2.05, 4.69) is 9.88 Å². The minimum Gasteiger partial charge on any atom is -0.328 e. The first kappa shape index (κ1) is 10.9. The van der Waals surface area contributed by atoms with Crippen molar-refractivity contribution in [3.8, 4) is 0 Å². The van der Waals surface area contributed by atoms with Gasteiger partial charge >= 0.3 is 0 Å². The molecule has 0 saturated carbocycles. The number of aromatic nitrogens is 1. The Hall–Kier alpha value is -0.640. The monoisotopic (exact) mass is 225 g/mol. The van der Waals surface area contributed by atoms with Crippen LogP contribution in [0, 0.1) is 0 Å². The van der Waals surface area contributed by atoms with Gasteiger partial charge < -0.3 is 5.73 Å². The summed E-state index contributed by atoms with van der Waals surface area (Å²) < 4.78 is 0. The number of hydrogen-bond donors (Lipinski definition) is 1. The molecule has 1 aliphatic heterocycles. The number of nitrogens with two attached hydrogens (primary N) is 1. The van der Waals surface area contributed by atoms with Crippen LogP contribution in [0.15, 0.2) is 18.3 Å². The summed E-state index contributed by atoms with van der Waals surface area (Å²) in [6, 6.07) is 4.11. The molecular weight excluding hydrogens is 210 g/mol. The maximum absolute atomic E-state index is 5.91. The first-order chi connectivity index (χ1) is 7.24. The Kier molecular flexibility index (Phi) is 3.57. The smallest absolute Gasteiger partial charge is 0.0558 e. The van der Waals surface area contributed by atoms with Crippen molar-refractivity contribution >= 4 is 11.6 Å². The van der Waals surface area contributed by atoms with Gasteiger partial charge in [0.15, 0.2) is 0 Å². The molecule has 2 rings (SSSR count). The summed E-state index contributed by atoms with van der Waals surface area (Å²) in [4.78, 5) is 6.67. The number of piperidine rings is 1. The van der Waals surface area contributed by atoms with E-state index in [0.717, 1.165) is 43.2 Å². The highest BCUT2D eigenvalue weighted by molar-refractivity contribution is 6.30. The molecule has 0 amide bonds. The summed E-state index contributed by atoms with van der Waals surface area (Å²) in [7, 11) is 0. The highest BCUT2D eigenvalue weighted by Gasteiger charge is 2.16. The van der Waals surface area contributed by atoms with Gasteiger partial charge in [-0.15, -0.1) is 0 Å². The molecule has 1 aromatic heterocycles. The fourth-order valence-electron chi connectivity index (χ4n) is 1.88. The van der Waals surface area contributed by atoms with E-state index in [1.165, 1.54) is 0 Å². The van der Waals surface area contributed by atoms with E-state index in [4.69, 9.17) is 17.3 Å². The van der Waals surface area contributed by atoms with E-state index in [0.29, 0.717) is 6.04 Å².